The lowest BCUT2D eigenvalue weighted by molar-refractivity contribution is -0.150. The number of ether oxygens (including phenoxy) is 1. The van der Waals surface area contributed by atoms with Crippen molar-refractivity contribution >= 4 is 11.8 Å². The molecule has 1 N–H and O–H groups in total. The molecule has 0 saturated carbocycles. The zero-order valence-corrected chi connectivity index (χ0v) is 13.6. The second-order valence-electron chi connectivity index (χ2n) is 5.26. The summed E-state index contributed by atoms with van der Waals surface area (Å²) in [5.41, 5.74) is 2.31. The van der Waals surface area contributed by atoms with Gasteiger partial charge in [-0.3, -0.25) is 9.59 Å². The molecule has 0 aromatic carbocycles. The zero-order chi connectivity index (χ0) is 16.3. The second-order valence-corrected chi connectivity index (χ2v) is 5.26. The van der Waals surface area contributed by atoms with Crippen LogP contribution in [0.15, 0.2) is 23.3 Å². The van der Waals surface area contributed by atoms with Crippen LogP contribution in [0.5, 0.6) is 0 Å². The van der Waals surface area contributed by atoms with E-state index in [9.17, 15) is 9.59 Å². The molecule has 21 heavy (non-hydrogen) atoms. The standard InChI is InChI=1S/C17H28O4/c1-5-21-17(20)15(4)16(19)10-9-13(2)7-6-8-14(3)11-12-18/h7,11,15,18H,5-6,8-10,12H2,1-4H3/b13-7+,14-11+. The maximum absolute atomic E-state index is 11.9. The lowest BCUT2D eigenvalue weighted by Crippen LogP contribution is -2.23. The summed E-state index contributed by atoms with van der Waals surface area (Å²) in [7, 11) is 0. The van der Waals surface area contributed by atoms with E-state index >= 15 is 0 Å². The molecule has 0 aromatic rings. The van der Waals surface area contributed by atoms with Crippen LogP contribution in [0.25, 0.3) is 0 Å². The summed E-state index contributed by atoms with van der Waals surface area (Å²) >= 11 is 0. The normalized spacial score (nSPS) is 14.0. The summed E-state index contributed by atoms with van der Waals surface area (Å²) in [5, 5.41) is 8.76. The minimum Gasteiger partial charge on any atom is -0.465 e. The third-order valence-corrected chi connectivity index (χ3v) is 3.36. The van der Waals surface area contributed by atoms with Gasteiger partial charge in [-0.25, -0.2) is 0 Å². The highest BCUT2D eigenvalue weighted by Crippen LogP contribution is 2.13. The number of ketones is 1. The molecule has 0 aliphatic heterocycles. The molecule has 1 unspecified atom stereocenters. The van der Waals surface area contributed by atoms with Crippen LogP contribution in [-0.4, -0.2) is 30.1 Å². The van der Waals surface area contributed by atoms with Gasteiger partial charge >= 0.3 is 5.97 Å². The van der Waals surface area contributed by atoms with Crippen LogP contribution in [0.2, 0.25) is 0 Å². The van der Waals surface area contributed by atoms with E-state index in [1.807, 2.05) is 13.8 Å². The van der Waals surface area contributed by atoms with Crippen molar-refractivity contribution in [2.24, 2.45) is 5.92 Å². The minimum absolute atomic E-state index is 0.0717. The molecule has 0 aliphatic carbocycles. The summed E-state index contributed by atoms with van der Waals surface area (Å²) in [6, 6.07) is 0. The first-order valence-electron chi connectivity index (χ1n) is 7.53. The van der Waals surface area contributed by atoms with E-state index in [1.165, 1.54) is 0 Å². The van der Waals surface area contributed by atoms with Crippen LogP contribution in [-0.2, 0) is 14.3 Å². The Morgan fingerprint density at radius 3 is 2.29 bits per heavy atom. The SMILES string of the molecule is CCOC(=O)C(C)C(=O)CC/C(C)=C/CC/C(C)=C/CO. The lowest BCUT2D eigenvalue weighted by Gasteiger charge is -2.09. The number of allylic oxidation sites excluding steroid dienone is 3. The van der Waals surface area contributed by atoms with Crippen molar-refractivity contribution in [3.05, 3.63) is 23.3 Å². The smallest absolute Gasteiger partial charge is 0.316 e. The highest BCUT2D eigenvalue weighted by molar-refractivity contribution is 5.98. The monoisotopic (exact) mass is 296 g/mol. The van der Waals surface area contributed by atoms with Crippen LogP contribution >= 0.6 is 0 Å². The van der Waals surface area contributed by atoms with E-state index in [2.05, 4.69) is 6.08 Å². The van der Waals surface area contributed by atoms with Gasteiger partial charge in [0.15, 0.2) is 0 Å². The Labute approximate surface area is 127 Å². The Kier molecular flexibility index (Phi) is 10.5. The van der Waals surface area contributed by atoms with Gasteiger partial charge in [0.2, 0.25) is 0 Å². The van der Waals surface area contributed by atoms with Crippen LogP contribution in [0.4, 0.5) is 0 Å². The Hall–Kier alpha value is -1.42. The van der Waals surface area contributed by atoms with Gasteiger partial charge < -0.3 is 9.84 Å². The highest BCUT2D eigenvalue weighted by atomic mass is 16.5. The number of aliphatic hydroxyl groups is 1. The first-order valence-corrected chi connectivity index (χ1v) is 7.53. The van der Waals surface area contributed by atoms with E-state index in [4.69, 9.17) is 9.84 Å². The predicted octanol–water partition coefficient (Wildman–Crippen LogP) is 3.20. The van der Waals surface area contributed by atoms with E-state index < -0.39 is 11.9 Å². The largest absolute Gasteiger partial charge is 0.465 e. The molecule has 0 bridgehead atoms. The molecule has 0 spiro atoms. The van der Waals surface area contributed by atoms with Gasteiger partial charge in [0, 0.05) is 6.42 Å². The van der Waals surface area contributed by atoms with Crippen molar-refractivity contribution < 1.29 is 19.4 Å². The molecule has 0 fully saturated rings. The molecule has 1 atom stereocenters. The summed E-state index contributed by atoms with van der Waals surface area (Å²) in [6.45, 7) is 7.69. The molecule has 120 valence electrons. The Morgan fingerprint density at radius 2 is 1.71 bits per heavy atom. The molecule has 0 aliphatic rings. The van der Waals surface area contributed by atoms with Gasteiger partial charge in [-0.15, -0.1) is 0 Å². The molecule has 4 heteroatoms. The third kappa shape index (κ3) is 9.19. The van der Waals surface area contributed by atoms with E-state index in [0.717, 1.165) is 24.0 Å². The number of aliphatic hydroxyl groups excluding tert-OH is 1. The Morgan fingerprint density at radius 1 is 1.10 bits per heavy atom. The molecule has 0 aromatic heterocycles. The predicted molar refractivity (Wildman–Crippen MR) is 83.9 cm³/mol. The van der Waals surface area contributed by atoms with Gasteiger partial charge in [0.05, 0.1) is 13.2 Å². The maximum atomic E-state index is 11.9. The maximum Gasteiger partial charge on any atom is 0.316 e. The number of Topliss-reactive ketones (excluding diaryl/α,β-unsaturated/α-hetero) is 1. The summed E-state index contributed by atoms with van der Waals surface area (Å²) in [4.78, 5) is 23.3. The summed E-state index contributed by atoms with van der Waals surface area (Å²) in [6.07, 6.45) is 6.75. The fraction of sp³-hybridized carbons (Fsp3) is 0.647. The van der Waals surface area contributed by atoms with E-state index in [-0.39, 0.29) is 12.4 Å². The van der Waals surface area contributed by atoms with Gasteiger partial charge in [-0.1, -0.05) is 23.3 Å². The molecular formula is C17H28O4. The average molecular weight is 296 g/mol. The first kappa shape index (κ1) is 19.6. The molecular weight excluding hydrogens is 268 g/mol. The van der Waals surface area contributed by atoms with Crippen molar-refractivity contribution in [3.8, 4) is 0 Å². The number of hydrogen-bond donors (Lipinski definition) is 1. The number of rotatable bonds is 10. The second kappa shape index (κ2) is 11.3. The van der Waals surface area contributed by atoms with Crippen molar-refractivity contribution in [3.63, 3.8) is 0 Å². The first-order chi connectivity index (χ1) is 9.92. The van der Waals surface area contributed by atoms with Crippen molar-refractivity contribution in [1.29, 1.82) is 0 Å². The number of hydrogen-bond acceptors (Lipinski definition) is 4. The quantitative estimate of drug-likeness (QED) is 0.382. The van der Waals surface area contributed by atoms with Gasteiger partial charge in [0.1, 0.15) is 11.7 Å². The summed E-state index contributed by atoms with van der Waals surface area (Å²) < 4.78 is 4.84. The Bertz CT molecular complexity index is 394. The van der Waals surface area contributed by atoms with Crippen LogP contribution in [0.3, 0.4) is 0 Å². The number of esters is 1. The molecule has 0 amide bonds. The van der Waals surface area contributed by atoms with Gasteiger partial charge in [0.25, 0.3) is 0 Å². The average Bonchev–Trinajstić information content (AvgIpc) is 2.44. The van der Waals surface area contributed by atoms with Crippen LogP contribution in [0.1, 0.15) is 53.4 Å². The minimum atomic E-state index is -0.674. The van der Waals surface area contributed by atoms with Crippen molar-refractivity contribution in [1.82, 2.24) is 0 Å². The third-order valence-electron chi connectivity index (χ3n) is 3.36. The molecule has 0 radical (unpaired) electrons. The van der Waals surface area contributed by atoms with Gasteiger partial charge in [-0.2, -0.15) is 0 Å². The van der Waals surface area contributed by atoms with Gasteiger partial charge in [-0.05, 0) is 47.0 Å². The summed E-state index contributed by atoms with van der Waals surface area (Å²) in [5.74, 6) is -1.18. The van der Waals surface area contributed by atoms with Crippen molar-refractivity contribution in [2.75, 3.05) is 13.2 Å². The van der Waals surface area contributed by atoms with Crippen molar-refractivity contribution in [2.45, 2.75) is 53.4 Å². The topological polar surface area (TPSA) is 63.6 Å². The van der Waals surface area contributed by atoms with E-state index in [0.29, 0.717) is 19.4 Å². The molecule has 0 saturated heterocycles. The van der Waals surface area contributed by atoms with Crippen LogP contribution in [0, 0.1) is 5.92 Å². The highest BCUT2D eigenvalue weighted by Gasteiger charge is 2.21. The van der Waals surface area contributed by atoms with E-state index in [1.54, 1.807) is 19.9 Å². The molecule has 0 heterocycles. The Balaban J connectivity index is 4.11. The lowest BCUT2D eigenvalue weighted by atomic mass is 9.99. The molecule has 4 nitrogen and oxygen atoms in total. The molecule has 0 rings (SSSR count). The fourth-order valence-corrected chi connectivity index (χ4v) is 1.84. The number of carbonyl (C=O) groups is 2. The number of carbonyl (C=O) groups excluding carboxylic acids is 2. The van der Waals surface area contributed by atoms with Crippen LogP contribution < -0.4 is 0 Å². The fourth-order valence-electron chi connectivity index (χ4n) is 1.84. The zero-order valence-electron chi connectivity index (χ0n) is 13.6.